The van der Waals surface area contributed by atoms with Crippen LogP contribution in [0.3, 0.4) is 0 Å². The molecule has 3 N–H and O–H groups in total. The number of rotatable bonds is 4. The monoisotopic (exact) mass is 256 g/mol. The van der Waals surface area contributed by atoms with Gasteiger partial charge in [-0.15, -0.1) is 0 Å². The average Bonchev–Trinajstić information content (AvgIpc) is 2.75. The number of hydrogen-bond donors (Lipinski definition) is 2. The van der Waals surface area contributed by atoms with Crippen LogP contribution in [0.2, 0.25) is 0 Å². The zero-order chi connectivity index (χ0) is 13.1. The molecule has 0 aromatic heterocycles. The minimum atomic E-state index is -0.550. The Hall–Kier alpha value is -1.20. The molecule has 0 heterocycles. The molecular formula is C13H18F2N2O. The highest BCUT2D eigenvalue weighted by atomic mass is 19.1. The molecule has 0 saturated heterocycles. The van der Waals surface area contributed by atoms with Crippen LogP contribution < -0.4 is 15.8 Å². The molecule has 1 aliphatic carbocycles. The van der Waals surface area contributed by atoms with Crippen LogP contribution in [0.1, 0.15) is 24.8 Å². The zero-order valence-corrected chi connectivity index (χ0v) is 10.4. The summed E-state index contributed by atoms with van der Waals surface area (Å²) in [5.74, 6) is -1.09. The molecule has 18 heavy (non-hydrogen) atoms. The fourth-order valence-electron chi connectivity index (χ4n) is 2.34. The Morgan fingerprint density at radius 3 is 2.72 bits per heavy atom. The average molecular weight is 256 g/mol. The quantitative estimate of drug-likeness (QED) is 0.865. The van der Waals surface area contributed by atoms with Gasteiger partial charge in [0.1, 0.15) is 5.82 Å². The van der Waals surface area contributed by atoms with Crippen molar-refractivity contribution in [2.24, 2.45) is 5.73 Å². The molecule has 2 rings (SSSR count). The van der Waals surface area contributed by atoms with E-state index in [1.807, 2.05) is 0 Å². The molecular weight excluding hydrogens is 238 g/mol. The summed E-state index contributed by atoms with van der Waals surface area (Å²) >= 11 is 0. The van der Waals surface area contributed by atoms with E-state index in [-0.39, 0.29) is 24.4 Å². The standard InChI is InChI=1S/C13H18F2N2O/c1-18-13-6-9(14)8(5-10(13)15)7-17-12-4-2-3-11(12)16/h5-6,11-12,17H,2-4,7,16H2,1H3. The van der Waals surface area contributed by atoms with Crippen molar-refractivity contribution in [3.63, 3.8) is 0 Å². The molecule has 0 radical (unpaired) electrons. The molecule has 1 saturated carbocycles. The van der Waals surface area contributed by atoms with Gasteiger partial charge in [-0.05, 0) is 18.9 Å². The highest BCUT2D eigenvalue weighted by Crippen LogP contribution is 2.22. The van der Waals surface area contributed by atoms with Gasteiger partial charge in [0, 0.05) is 30.3 Å². The SMILES string of the molecule is COc1cc(F)c(CNC2CCCC2N)cc1F. The predicted octanol–water partition coefficient (Wildman–Crippen LogP) is 1.94. The Bertz CT molecular complexity index is 426. The first-order chi connectivity index (χ1) is 8.61. The molecule has 0 bridgehead atoms. The molecule has 3 nitrogen and oxygen atoms in total. The molecule has 0 amide bonds. The molecule has 1 fully saturated rings. The fraction of sp³-hybridized carbons (Fsp3) is 0.538. The maximum atomic E-state index is 13.7. The number of halogens is 2. The van der Waals surface area contributed by atoms with Crippen molar-refractivity contribution in [1.82, 2.24) is 5.32 Å². The molecule has 1 aromatic rings. The second kappa shape index (κ2) is 5.63. The summed E-state index contributed by atoms with van der Waals surface area (Å²) in [5.41, 5.74) is 6.20. The zero-order valence-electron chi connectivity index (χ0n) is 10.4. The van der Waals surface area contributed by atoms with E-state index in [4.69, 9.17) is 10.5 Å². The van der Waals surface area contributed by atoms with Gasteiger partial charge in [-0.2, -0.15) is 0 Å². The predicted molar refractivity (Wildman–Crippen MR) is 65.4 cm³/mol. The Balaban J connectivity index is 2.03. The third kappa shape index (κ3) is 2.79. The van der Waals surface area contributed by atoms with Crippen LogP contribution in [-0.4, -0.2) is 19.2 Å². The number of ether oxygens (including phenoxy) is 1. The topological polar surface area (TPSA) is 47.3 Å². The normalized spacial score (nSPS) is 23.3. The van der Waals surface area contributed by atoms with Crippen molar-refractivity contribution in [3.8, 4) is 5.75 Å². The van der Waals surface area contributed by atoms with Crippen LogP contribution in [0, 0.1) is 11.6 Å². The lowest BCUT2D eigenvalue weighted by molar-refractivity contribution is 0.380. The number of benzene rings is 1. The summed E-state index contributed by atoms with van der Waals surface area (Å²) in [4.78, 5) is 0. The summed E-state index contributed by atoms with van der Waals surface area (Å²) in [6.07, 6.45) is 3.05. The summed E-state index contributed by atoms with van der Waals surface area (Å²) in [7, 11) is 1.31. The first-order valence-electron chi connectivity index (χ1n) is 6.12. The number of methoxy groups -OCH3 is 1. The van der Waals surface area contributed by atoms with Gasteiger partial charge in [0.25, 0.3) is 0 Å². The van der Waals surface area contributed by atoms with E-state index in [1.54, 1.807) is 0 Å². The van der Waals surface area contributed by atoms with Gasteiger partial charge in [0.15, 0.2) is 11.6 Å². The molecule has 1 aliphatic rings. The van der Waals surface area contributed by atoms with Crippen molar-refractivity contribution >= 4 is 0 Å². The molecule has 5 heteroatoms. The Morgan fingerprint density at radius 2 is 2.11 bits per heavy atom. The maximum Gasteiger partial charge on any atom is 0.165 e. The van der Waals surface area contributed by atoms with Crippen molar-refractivity contribution in [2.45, 2.75) is 37.9 Å². The summed E-state index contributed by atoms with van der Waals surface area (Å²) in [6, 6.07) is 2.54. The molecule has 2 unspecified atom stereocenters. The molecule has 2 atom stereocenters. The number of nitrogens with two attached hydrogens (primary N) is 1. The van der Waals surface area contributed by atoms with Crippen LogP contribution in [-0.2, 0) is 6.54 Å². The van der Waals surface area contributed by atoms with E-state index in [1.165, 1.54) is 13.2 Å². The highest BCUT2D eigenvalue weighted by Gasteiger charge is 2.23. The fourth-order valence-corrected chi connectivity index (χ4v) is 2.34. The minimum absolute atomic E-state index is 0.0752. The Morgan fingerprint density at radius 1 is 1.33 bits per heavy atom. The third-order valence-corrected chi connectivity index (χ3v) is 3.44. The van der Waals surface area contributed by atoms with E-state index < -0.39 is 11.6 Å². The van der Waals surface area contributed by atoms with E-state index in [0.29, 0.717) is 5.56 Å². The Labute approximate surface area is 105 Å². The largest absolute Gasteiger partial charge is 0.494 e. The van der Waals surface area contributed by atoms with Crippen molar-refractivity contribution in [2.75, 3.05) is 7.11 Å². The lowest BCUT2D eigenvalue weighted by Crippen LogP contribution is -2.40. The van der Waals surface area contributed by atoms with Crippen molar-refractivity contribution < 1.29 is 13.5 Å². The summed E-state index contributed by atoms with van der Waals surface area (Å²) in [5, 5.41) is 3.18. The Kier molecular flexibility index (Phi) is 4.14. The van der Waals surface area contributed by atoms with Gasteiger partial charge >= 0.3 is 0 Å². The van der Waals surface area contributed by atoms with Gasteiger partial charge in [-0.1, -0.05) is 6.42 Å². The van der Waals surface area contributed by atoms with E-state index >= 15 is 0 Å². The molecule has 100 valence electrons. The first-order valence-corrected chi connectivity index (χ1v) is 6.12. The van der Waals surface area contributed by atoms with E-state index in [0.717, 1.165) is 25.3 Å². The molecule has 0 spiro atoms. The third-order valence-electron chi connectivity index (χ3n) is 3.44. The molecule has 0 aliphatic heterocycles. The number of hydrogen-bond acceptors (Lipinski definition) is 3. The van der Waals surface area contributed by atoms with Gasteiger partial charge in [-0.25, -0.2) is 8.78 Å². The lowest BCUT2D eigenvalue weighted by Gasteiger charge is -2.17. The van der Waals surface area contributed by atoms with Gasteiger partial charge in [0.2, 0.25) is 0 Å². The van der Waals surface area contributed by atoms with E-state index in [2.05, 4.69) is 5.32 Å². The van der Waals surface area contributed by atoms with Crippen molar-refractivity contribution in [1.29, 1.82) is 0 Å². The van der Waals surface area contributed by atoms with Crippen molar-refractivity contribution in [3.05, 3.63) is 29.3 Å². The summed E-state index contributed by atoms with van der Waals surface area (Å²) < 4.78 is 31.9. The highest BCUT2D eigenvalue weighted by molar-refractivity contribution is 5.30. The lowest BCUT2D eigenvalue weighted by atomic mass is 10.1. The second-order valence-corrected chi connectivity index (χ2v) is 4.66. The van der Waals surface area contributed by atoms with Crippen LogP contribution in [0.25, 0.3) is 0 Å². The first kappa shape index (κ1) is 13.2. The van der Waals surface area contributed by atoms with Gasteiger partial charge < -0.3 is 15.8 Å². The number of nitrogens with one attached hydrogen (secondary N) is 1. The second-order valence-electron chi connectivity index (χ2n) is 4.66. The van der Waals surface area contributed by atoms with Gasteiger partial charge in [0.05, 0.1) is 7.11 Å². The molecule has 1 aromatic carbocycles. The maximum absolute atomic E-state index is 13.7. The smallest absolute Gasteiger partial charge is 0.165 e. The summed E-state index contributed by atoms with van der Waals surface area (Å²) in [6.45, 7) is 0.283. The minimum Gasteiger partial charge on any atom is -0.494 e. The van der Waals surface area contributed by atoms with Crippen LogP contribution in [0.15, 0.2) is 12.1 Å². The van der Waals surface area contributed by atoms with Crippen LogP contribution in [0.4, 0.5) is 8.78 Å². The van der Waals surface area contributed by atoms with E-state index in [9.17, 15) is 8.78 Å². The van der Waals surface area contributed by atoms with Crippen LogP contribution in [0.5, 0.6) is 5.75 Å². The van der Waals surface area contributed by atoms with Crippen LogP contribution >= 0.6 is 0 Å². The van der Waals surface area contributed by atoms with Gasteiger partial charge in [-0.3, -0.25) is 0 Å².